The molecule has 4 nitrogen and oxygen atoms in total. The third kappa shape index (κ3) is 7.85. The summed E-state index contributed by atoms with van der Waals surface area (Å²) in [6, 6.07) is 25.5. The molecule has 1 aliphatic heterocycles. The van der Waals surface area contributed by atoms with Gasteiger partial charge >= 0.3 is 0 Å². The van der Waals surface area contributed by atoms with Gasteiger partial charge in [0, 0.05) is 37.7 Å². The summed E-state index contributed by atoms with van der Waals surface area (Å²) < 4.78 is 5.86. The Balaban J connectivity index is 0.00000216. The van der Waals surface area contributed by atoms with E-state index >= 15 is 0 Å². The molecule has 0 saturated carbocycles. The van der Waals surface area contributed by atoms with Crippen molar-refractivity contribution in [3.63, 3.8) is 0 Å². The van der Waals surface area contributed by atoms with E-state index in [4.69, 9.17) is 16.3 Å². The molecule has 4 rings (SSSR count). The van der Waals surface area contributed by atoms with Crippen LogP contribution < -0.4 is 4.74 Å². The zero-order valence-electron chi connectivity index (χ0n) is 20.3. The lowest BCUT2D eigenvalue weighted by molar-refractivity contribution is 0.0400. The van der Waals surface area contributed by atoms with E-state index in [-0.39, 0.29) is 37.5 Å². The number of aliphatic hydroxyl groups is 1. The SMILES string of the molecule is Cc1cc(OCC(O)CN2CCN(C(c3ccccc3)c3ccccc3)CC2)cc(C)c1Cl.Cl.Cl. The summed E-state index contributed by atoms with van der Waals surface area (Å²) in [4.78, 5) is 4.87. The molecule has 190 valence electrons. The van der Waals surface area contributed by atoms with Gasteiger partial charge in [0.1, 0.15) is 18.5 Å². The van der Waals surface area contributed by atoms with Crippen molar-refractivity contribution in [2.75, 3.05) is 39.3 Å². The van der Waals surface area contributed by atoms with E-state index in [0.29, 0.717) is 6.54 Å². The van der Waals surface area contributed by atoms with Crippen LogP contribution in [0.2, 0.25) is 5.02 Å². The number of hydrogen-bond donors (Lipinski definition) is 1. The van der Waals surface area contributed by atoms with Gasteiger partial charge in [-0.3, -0.25) is 9.80 Å². The molecule has 1 saturated heterocycles. The average Bonchev–Trinajstić information content (AvgIpc) is 2.84. The van der Waals surface area contributed by atoms with Crippen LogP contribution >= 0.6 is 36.4 Å². The molecule has 1 heterocycles. The molecule has 0 bridgehead atoms. The van der Waals surface area contributed by atoms with Crippen LogP contribution in [0.3, 0.4) is 0 Å². The van der Waals surface area contributed by atoms with Gasteiger partial charge in [-0.2, -0.15) is 0 Å². The van der Waals surface area contributed by atoms with Crippen molar-refractivity contribution < 1.29 is 9.84 Å². The van der Waals surface area contributed by atoms with Crippen LogP contribution in [0.25, 0.3) is 0 Å². The number of nitrogens with zero attached hydrogens (tertiary/aromatic N) is 2. The number of aryl methyl sites for hydroxylation is 2. The van der Waals surface area contributed by atoms with E-state index in [9.17, 15) is 5.11 Å². The molecule has 1 aliphatic rings. The van der Waals surface area contributed by atoms with Crippen molar-refractivity contribution >= 4 is 36.4 Å². The maximum absolute atomic E-state index is 10.6. The standard InChI is InChI=1S/C28H33ClN2O2.2ClH/c1-21-17-26(18-22(2)27(21)29)33-20-25(32)19-30-13-15-31(16-14-30)28(23-9-5-3-6-10-23)24-11-7-4-8-12-24;;/h3-12,17-18,25,28,32H,13-16,19-20H2,1-2H3;2*1H. The zero-order valence-corrected chi connectivity index (χ0v) is 22.7. The van der Waals surface area contributed by atoms with Crippen LogP contribution in [-0.2, 0) is 0 Å². The molecule has 1 unspecified atom stereocenters. The number of aliphatic hydroxyl groups excluding tert-OH is 1. The van der Waals surface area contributed by atoms with Gasteiger partial charge in [0.25, 0.3) is 0 Å². The van der Waals surface area contributed by atoms with Crippen LogP contribution in [0.1, 0.15) is 28.3 Å². The number of hydrogen-bond acceptors (Lipinski definition) is 4. The summed E-state index contributed by atoms with van der Waals surface area (Å²) >= 11 is 6.24. The Kier molecular flexibility index (Phi) is 11.8. The number of benzene rings is 3. The highest BCUT2D eigenvalue weighted by Gasteiger charge is 2.27. The molecule has 1 fully saturated rings. The van der Waals surface area contributed by atoms with Crippen molar-refractivity contribution in [3.05, 3.63) is 100 Å². The van der Waals surface area contributed by atoms with E-state index in [1.165, 1.54) is 11.1 Å². The van der Waals surface area contributed by atoms with Crippen LogP contribution in [0, 0.1) is 13.8 Å². The van der Waals surface area contributed by atoms with E-state index in [0.717, 1.165) is 48.1 Å². The number of rotatable bonds is 8. The quantitative estimate of drug-likeness (QED) is 0.385. The predicted molar refractivity (Wildman–Crippen MR) is 150 cm³/mol. The van der Waals surface area contributed by atoms with Gasteiger partial charge < -0.3 is 9.84 Å². The third-order valence-corrected chi connectivity index (χ3v) is 6.92. The lowest BCUT2D eigenvalue weighted by Gasteiger charge is -2.40. The second kappa shape index (κ2) is 14.1. The topological polar surface area (TPSA) is 35.9 Å². The summed E-state index contributed by atoms with van der Waals surface area (Å²) in [5.74, 6) is 0.756. The highest BCUT2D eigenvalue weighted by molar-refractivity contribution is 6.32. The van der Waals surface area contributed by atoms with Crippen molar-refractivity contribution in [3.8, 4) is 5.75 Å². The summed E-state index contributed by atoms with van der Waals surface area (Å²) in [5, 5.41) is 11.3. The summed E-state index contributed by atoms with van der Waals surface area (Å²) in [7, 11) is 0. The summed E-state index contributed by atoms with van der Waals surface area (Å²) in [6.45, 7) is 8.58. The lowest BCUT2D eigenvalue weighted by atomic mass is 9.96. The van der Waals surface area contributed by atoms with Gasteiger partial charge in [-0.05, 0) is 48.2 Å². The largest absolute Gasteiger partial charge is 0.491 e. The van der Waals surface area contributed by atoms with Crippen LogP contribution in [-0.4, -0.2) is 60.3 Å². The van der Waals surface area contributed by atoms with Gasteiger partial charge in [-0.15, -0.1) is 24.8 Å². The first-order chi connectivity index (χ1) is 16.0. The molecule has 0 aromatic heterocycles. The monoisotopic (exact) mass is 536 g/mol. The Morgan fingerprint density at radius 2 is 1.31 bits per heavy atom. The first kappa shape index (κ1) is 29.4. The minimum atomic E-state index is -0.535. The van der Waals surface area contributed by atoms with E-state index < -0.39 is 6.10 Å². The molecule has 3 aromatic carbocycles. The first-order valence-electron chi connectivity index (χ1n) is 11.6. The molecule has 0 amide bonds. The normalized spacial score (nSPS) is 15.2. The van der Waals surface area contributed by atoms with E-state index in [2.05, 4.69) is 70.5 Å². The lowest BCUT2D eigenvalue weighted by Crippen LogP contribution is -2.50. The Morgan fingerprint density at radius 1 is 0.829 bits per heavy atom. The Morgan fingerprint density at radius 3 is 1.80 bits per heavy atom. The maximum Gasteiger partial charge on any atom is 0.120 e. The van der Waals surface area contributed by atoms with Crippen LogP contribution in [0.15, 0.2) is 72.8 Å². The average molecular weight is 538 g/mol. The molecular weight excluding hydrogens is 503 g/mol. The van der Waals surface area contributed by atoms with Crippen molar-refractivity contribution in [2.45, 2.75) is 26.0 Å². The van der Waals surface area contributed by atoms with E-state index in [1.807, 2.05) is 26.0 Å². The van der Waals surface area contributed by atoms with Crippen molar-refractivity contribution in [1.82, 2.24) is 9.80 Å². The molecule has 35 heavy (non-hydrogen) atoms. The molecule has 7 heteroatoms. The Bertz CT molecular complexity index is 966. The zero-order chi connectivity index (χ0) is 23.2. The maximum atomic E-state index is 10.6. The second-order valence-corrected chi connectivity index (χ2v) is 9.27. The highest BCUT2D eigenvalue weighted by Crippen LogP contribution is 2.29. The van der Waals surface area contributed by atoms with Gasteiger partial charge in [0.05, 0.1) is 6.04 Å². The molecule has 0 radical (unpaired) electrons. The number of halogens is 3. The summed E-state index contributed by atoms with van der Waals surface area (Å²) in [6.07, 6.45) is -0.535. The molecular formula is C28H35Cl3N2O2. The number of piperazine rings is 1. The smallest absolute Gasteiger partial charge is 0.120 e. The molecule has 0 spiro atoms. The third-order valence-electron chi connectivity index (χ3n) is 6.32. The fourth-order valence-electron chi connectivity index (χ4n) is 4.62. The highest BCUT2D eigenvalue weighted by atomic mass is 35.5. The molecule has 1 N–H and O–H groups in total. The van der Waals surface area contributed by atoms with Gasteiger partial charge in [0.2, 0.25) is 0 Å². The Hall–Kier alpha value is -1.79. The van der Waals surface area contributed by atoms with Gasteiger partial charge in [-0.1, -0.05) is 72.3 Å². The number of ether oxygens (including phenoxy) is 1. The van der Waals surface area contributed by atoms with Gasteiger partial charge in [0.15, 0.2) is 0 Å². The van der Waals surface area contributed by atoms with Crippen LogP contribution in [0.4, 0.5) is 0 Å². The van der Waals surface area contributed by atoms with Crippen molar-refractivity contribution in [2.24, 2.45) is 0 Å². The fourth-order valence-corrected chi connectivity index (χ4v) is 4.73. The molecule has 0 aliphatic carbocycles. The van der Waals surface area contributed by atoms with E-state index in [1.54, 1.807) is 0 Å². The first-order valence-corrected chi connectivity index (χ1v) is 12.0. The summed E-state index contributed by atoms with van der Waals surface area (Å²) in [5.41, 5.74) is 4.62. The van der Waals surface area contributed by atoms with Crippen molar-refractivity contribution in [1.29, 1.82) is 0 Å². The minimum absolute atomic E-state index is 0. The van der Waals surface area contributed by atoms with Crippen LogP contribution in [0.5, 0.6) is 5.75 Å². The molecule has 3 aromatic rings. The molecule has 1 atom stereocenters. The van der Waals surface area contributed by atoms with Gasteiger partial charge in [-0.25, -0.2) is 0 Å². The second-order valence-electron chi connectivity index (χ2n) is 8.90. The minimum Gasteiger partial charge on any atom is -0.491 e. The predicted octanol–water partition coefficient (Wildman–Crippen LogP) is 5.95. The fraction of sp³-hybridized carbons (Fsp3) is 0.357. The number of β-amino-alcohol motifs (C(OH)–C–C–N with tert-alkyl or cyclic N) is 1. The Labute approximate surface area is 226 Å².